The molecule has 3 heteroatoms. The number of rotatable bonds is 2. The molecule has 1 aliphatic rings. The van der Waals surface area contributed by atoms with Crippen LogP contribution in [0, 0.1) is 0 Å². The topological polar surface area (TPSA) is 32.5 Å². The largest absolute Gasteiger partial charge is 0.397 e. The third-order valence-electron chi connectivity index (χ3n) is 2.97. The van der Waals surface area contributed by atoms with E-state index in [9.17, 15) is 0 Å². The summed E-state index contributed by atoms with van der Waals surface area (Å²) < 4.78 is 0. The maximum atomic E-state index is 6.07. The Morgan fingerprint density at radius 2 is 1.87 bits per heavy atom. The second-order valence-corrected chi connectivity index (χ2v) is 4.33. The van der Waals surface area contributed by atoms with Crippen LogP contribution in [0.5, 0.6) is 0 Å². The van der Waals surface area contributed by atoms with Crippen molar-refractivity contribution in [3.63, 3.8) is 0 Å². The van der Waals surface area contributed by atoms with Crippen molar-refractivity contribution in [2.75, 3.05) is 42.7 Å². The highest BCUT2D eigenvalue weighted by Gasteiger charge is 2.14. The molecule has 0 aliphatic carbocycles. The van der Waals surface area contributed by atoms with E-state index in [0.29, 0.717) is 0 Å². The van der Waals surface area contributed by atoms with Crippen molar-refractivity contribution in [1.82, 2.24) is 0 Å². The summed E-state index contributed by atoms with van der Waals surface area (Å²) in [5.41, 5.74) is 9.32. The average Bonchev–Trinajstić information content (AvgIpc) is 2.70. The Hall–Kier alpha value is -1.38. The zero-order valence-electron chi connectivity index (χ0n) is 9.53. The van der Waals surface area contributed by atoms with E-state index in [2.05, 4.69) is 21.9 Å². The molecule has 1 fully saturated rings. The lowest BCUT2D eigenvalue weighted by Crippen LogP contribution is -2.19. The minimum Gasteiger partial charge on any atom is -0.397 e. The van der Waals surface area contributed by atoms with Gasteiger partial charge in [-0.2, -0.15) is 0 Å². The van der Waals surface area contributed by atoms with Gasteiger partial charge in [-0.1, -0.05) is 0 Å². The summed E-state index contributed by atoms with van der Waals surface area (Å²) in [7, 11) is 4.06. The summed E-state index contributed by atoms with van der Waals surface area (Å²) in [5, 5.41) is 0. The fraction of sp³-hybridized carbons (Fsp3) is 0.500. The molecule has 0 amide bonds. The van der Waals surface area contributed by atoms with Crippen LogP contribution in [0.2, 0.25) is 0 Å². The highest BCUT2D eigenvalue weighted by molar-refractivity contribution is 5.73. The molecule has 0 saturated carbocycles. The second kappa shape index (κ2) is 4.01. The van der Waals surface area contributed by atoms with Gasteiger partial charge in [-0.3, -0.25) is 0 Å². The summed E-state index contributed by atoms with van der Waals surface area (Å²) in [4.78, 5) is 4.44. The molecule has 2 rings (SSSR count). The zero-order chi connectivity index (χ0) is 10.8. The maximum absolute atomic E-state index is 6.07. The van der Waals surface area contributed by atoms with Crippen molar-refractivity contribution in [2.45, 2.75) is 12.8 Å². The smallest absolute Gasteiger partial charge is 0.0601 e. The van der Waals surface area contributed by atoms with E-state index in [4.69, 9.17) is 5.73 Å². The predicted octanol–water partition coefficient (Wildman–Crippen LogP) is 1.94. The quantitative estimate of drug-likeness (QED) is 0.749. The van der Waals surface area contributed by atoms with Crippen molar-refractivity contribution in [3.8, 4) is 0 Å². The molecule has 3 nitrogen and oxygen atoms in total. The minimum atomic E-state index is 0.892. The third-order valence-corrected chi connectivity index (χ3v) is 2.97. The monoisotopic (exact) mass is 205 g/mol. The maximum Gasteiger partial charge on any atom is 0.0601 e. The molecule has 82 valence electrons. The van der Waals surface area contributed by atoms with Gasteiger partial charge in [-0.05, 0) is 31.0 Å². The van der Waals surface area contributed by atoms with Crippen molar-refractivity contribution in [2.24, 2.45) is 0 Å². The molecule has 1 aromatic carbocycles. The zero-order valence-corrected chi connectivity index (χ0v) is 9.53. The number of hydrogen-bond acceptors (Lipinski definition) is 3. The molecule has 15 heavy (non-hydrogen) atoms. The first-order valence-corrected chi connectivity index (χ1v) is 5.50. The van der Waals surface area contributed by atoms with Gasteiger partial charge in [0.2, 0.25) is 0 Å². The molecule has 1 aromatic rings. The van der Waals surface area contributed by atoms with Crippen molar-refractivity contribution in [1.29, 1.82) is 0 Å². The van der Waals surface area contributed by atoms with E-state index in [-0.39, 0.29) is 0 Å². The fourth-order valence-electron chi connectivity index (χ4n) is 2.07. The first-order chi connectivity index (χ1) is 7.18. The number of nitrogen functional groups attached to an aromatic ring is 1. The predicted molar refractivity (Wildman–Crippen MR) is 66.6 cm³/mol. The van der Waals surface area contributed by atoms with Gasteiger partial charge in [0.1, 0.15) is 0 Å². The molecule has 2 N–H and O–H groups in total. The van der Waals surface area contributed by atoms with E-state index in [1.54, 1.807) is 0 Å². The molecule has 1 heterocycles. The van der Waals surface area contributed by atoms with Gasteiger partial charge >= 0.3 is 0 Å². The van der Waals surface area contributed by atoms with Crippen LogP contribution in [0.15, 0.2) is 18.2 Å². The number of hydrogen-bond donors (Lipinski definition) is 1. The van der Waals surface area contributed by atoms with Gasteiger partial charge in [-0.25, -0.2) is 0 Å². The lowest BCUT2D eigenvalue weighted by molar-refractivity contribution is 0.949. The Bertz CT molecular complexity index is 341. The van der Waals surface area contributed by atoms with E-state index in [1.165, 1.54) is 18.5 Å². The molecule has 0 bridgehead atoms. The Balaban J connectivity index is 2.25. The summed E-state index contributed by atoms with van der Waals surface area (Å²) in [5.74, 6) is 0. The molecular weight excluding hydrogens is 186 g/mol. The van der Waals surface area contributed by atoms with Crippen LogP contribution in [0.1, 0.15) is 12.8 Å². The molecular formula is C12H19N3. The highest BCUT2D eigenvalue weighted by Crippen LogP contribution is 2.29. The standard InChI is InChI=1S/C12H19N3/c1-14(2)10-5-6-12(11(13)9-10)15-7-3-4-8-15/h5-6,9H,3-4,7-8,13H2,1-2H3. The minimum absolute atomic E-state index is 0.892. The summed E-state index contributed by atoms with van der Waals surface area (Å²) >= 11 is 0. The molecule has 1 aliphatic heterocycles. The molecule has 0 aromatic heterocycles. The molecule has 0 spiro atoms. The van der Waals surface area contributed by atoms with Gasteiger partial charge < -0.3 is 15.5 Å². The summed E-state index contributed by atoms with van der Waals surface area (Å²) in [6, 6.07) is 6.31. The van der Waals surface area contributed by atoms with Crippen LogP contribution in [0.3, 0.4) is 0 Å². The van der Waals surface area contributed by atoms with Crippen molar-refractivity contribution in [3.05, 3.63) is 18.2 Å². The number of anilines is 3. The van der Waals surface area contributed by atoms with Gasteiger partial charge in [0, 0.05) is 32.9 Å². The lowest BCUT2D eigenvalue weighted by Gasteiger charge is -2.21. The number of benzene rings is 1. The first kappa shape index (κ1) is 10.1. The van der Waals surface area contributed by atoms with E-state index in [0.717, 1.165) is 24.5 Å². The van der Waals surface area contributed by atoms with Crippen LogP contribution in [0.25, 0.3) is 0 Å². The molecule has 0 atom stereocenters. The Morgan fingerprint density at radius 3 is 2.40 bits per heavy atom. The number of nitrogens with two attached hydrogens (primary N) is 1. The average molecular weight is 205 g/mol. The SMILES string of the molecule is CN(C)c1ccc(N2CCCC2)c(N)c1. The van der Waals surface area contributed by atoms with Crippen LogP contribution in [-0.2, 0) is 0 Å². The van der Waals surface area contributed by atoms with Gasteiger partial charge in [0.25, 0.3) is 0 Å². The van der Waals surface area contributed by atoms with Gasteiger partial charge in [0.05, 0.1) is 11.4 Å². The number of nitrogens with zero attached hydrogens (tertiary/aromatic N) is 2. The van der Waals surface area contributed by atoms with Crippen LogP contribution < -0.4 is 15.5 Å². The van der Waals surface area contributed by atoms with Crippen molar-refractivity contribution >= 4 is 17.1 Å². The van der Waals surface area contributed by atoms with Gasteiger partial charge in [-0.15, -0.1) is 0 Å². The molecule has 0 radical (unpaired) electrons. The molecule has 0 unspecified atom stereocenters. The van der Waals surface area contributed by atoms with E-state index >= 15 is 0 Å². The van der Waals surface area contributed by atoms with E-state index < -0.39 is 0 Å². The van der Waals surface area contributed by atoms with E-state index in [1.807, 2.05) is 20.2 Å². The molecule has 1 saturated heterocycles. The highest BCUT2D eigenvalue weighted by atomic mass is 15.2. The Labute approximate surface area is 91.5 Å². The fourth-order valence-corrected chi connectivity index (χ4v) is 2.07. The van der Waals surface area contributed by atoms with Crippen molar-refractivity contribution < 1.29 is 0 Å². The van der Waals surface area contributed by atoms with Gasteiger partial charge in [0.15, 0.2) is 0 Å². The lowest BCUT2D eigenvalue weighted by atomic mass is 10.2. The second-order valence-electron chi connectivity index (χ2n) is 4.33. The third kappa shape index (κ3) is 2.01. The summed E-state index contributed by atoms with van der Waals surface area (Å²) in [6.45, 7) is 2.29. The normalized spacial score (nSPS) is 15.7. The Kier molecular flexibility index (Phi) is 2.71. The van der Waals surface area contributed by atoms with Crippen LogP contribution >= 0.6 is 0 Å². The summed E-state index contributed by atoms with van der Waals surface area (Å²) in [6.07, 6.45) is 2.57. The van der Waals surface area contributed by atoms with Crippen LogP contribution in [-0.4, -0.2) is 27.2 Å². The van der Waals surface area contributed by atoms with Crippen LogP contribution in [0.4, 0.5) is 17.1 Å². The first-order valence-electron chi connectivity index (χ1n) is 5.50. The Morgan fingerprint density at radius 1 is 1.20 bits per heavy atom.